The summed E-state index contributed by atoms with van der Waals surface area (Å²) in [7, 11) is 1.99. The van der Waals surface area contributed by atoms with Crippen LogP contribution in [0.5, 0.6) is 0 Å². The molecule has 3 nitrogen and oxygen atoms in total. The molecule has 2 aromatic heterocycles. The fourth-order valence-electron chi connectivity index (χ4n) is 3.79. The fraction of sp³-hybridized carbons (Fsp3) is 0.208. The Hall–Kier alpha value is -2.56. The molecule has 0 aliphatic rings. The van der Waals surface area contributed by atoms with Crippen LogP contribution in [0.25, 0.3) is 10.9 Å². The number of aryl methyl sites for hydroxylation is 1. The summed E-state index contributed by atoms with van der Waals surface area (Å²) in [5.74, 6) is -0.234. The zero-order chi connectivity index (χ0) is 20.5. The molecule has 0 radical (unpaired) electrons. The Morgan fingerprint density at radius 2 is 1.73 bits per heavy atom. The second-order valence-corrected chi connectivity index (χ2v) is 7.78. The first-order valence-corrected chi connectivity index (χ1v) is 9.97. The van der Waals surface area contributed by atoms with Crippen LogP contribution in [0.2, 0.25) is 5.02 Å². The van der Waals surface area contributed by atoms with Crippen molar-refractivity contribution in [3.8, 4) is 0 Å². The predicted molar refractivity (Wildman–Crippen MR) is 126 cm³/mol. The Kier molecular flexibility index (Phi) is 6.69. The zero-order valence-corrected chi connectivity index (χ0v) is 18.8. The minimum Gasteiger partial charge on any atom is -0.369 e. The number of benzene rings is 2. The first-order chi connectivity index (χ1) is 14.0. The molecule has 30 heavy (non-hydrogen) atoms. The highest BCUT2D eigenvalue weighted by atomic mass is 35.5. The van der Waals surface area contributed by atoms with Crippen LogP contribution in [0.15, 0.2) is 60.8 Å². The molecule has 0 N–H and O–H groups in total. The second kappa shape index (κ2) is 9.07. The highest BCUT2D eigenvalue weighted by Crippen LogP contribution is 2.30. The van der Waals surface area contributed by atoms with Gasteiger partial charge in [0.25, 0.3) is 0 Å². The summed E-state index contributed by atoms with van der Waals surface area (Å²) in [6, 6.07) is 16.5. The van der Waals surface area contributed by atoms with E-state index in [1.165, 1.54) is 28.8 Å². The minimum absolute atomic E-state index is 0. The average Bonchev–Trinajstić information content (AvgIpc) is 2.96. The van der Waals surface area contributed by atoms with Gasteiger partial charge in [-0.3, -0.25) is 4.98 Å². The maximum atomic E-state index is 13.3. The number of pyridine rings is 1. The number of fused-ring (bicyclic) bond motifs is 1. The monoisotopic (exact) mass is 443 g/mol. The van der Waals surface area contributed by atoms with Crippen molar-refractivity contribution >= 4 is 40.6 Å². The van der Waals surface area contributed by atoms with Gasteiger partial charge in [0.1, 0.15) is 5.82 Å². The SMILES string of the molecule is Cc1c(C)n(Cc2ccccc2Cl)c2c(CN(C)c3ccc(F)cc3)nccc12.Cl. The van der Waals surface area contributed by atoms with Crippen molar-refractivity contribution in [3.05, 3.63) is 94.1 Å². The van der Waals surface area contributed by atoms with E-state index in [1.54, 1.807) is 12.1 Å². The number of aromatic nitrogens is 2. The van der Waals surface area contributed by atoms with Gasteiger partial charge >= 0.3 is 0 Å². The van der Waals surface area contributed by atoms with E-state index in [9.17, 15) is 4.39 Å². The Bertz CT molecular complexity index is 1170. The Labute approximate surface area is 187 Å². The number of nitrogens with zero attached hydrogens (tertiary/aromatic N) is 3. The molecule has 2 heterocycles. The van der Waals surface area contributed by atoms with E-state index in [0.29, 0.717) is 13.1 Å². The smallest absolute Gasteiger partial charge is 0.123 e. The molecule has 0 spiro atoms. The van der Waals surface area contributed by atoms with Crippen LogP contribution in [-0.4, -0.2) is 16.6 Å². The van der Waals surface area contributed by atoms with Crippen molar-refractivity contribution in [1.82, 2.24) is 9.55 Å². The fourth-order valence-corrected chi connectivity index (χ4v) is 3.98. The van der Waals surface area contributed by atoms with Crippen LogP contribution in [0.1, 0.15) is 22.5 Å². The molecular weight excluding hydrogens is 420 g/mol. The maximum Gasteiger partial charge on any atom is 0.123 e. The minimum atomic E-state index is -0.234. The number of hydrogen-bond acceptors (Lipinski definition) is 2. The third-order valence-corrected chi connectivity index (χ3v) is 5.93. The second-order valence-electron chi connectivity index (χ2n) is 7.37. The molecule has 0 atom stereocenters. The van der Waals surface area contributed by atoms with Crippen molar-refractivity contribution in [2.45, 2.75) is 26.9 Å². The Morgan fingerprint density at radius 1 is 1.03 bits per heavy atom. The van der Waals surface area contributed by atoms with Gasteiger partial charge in [-0.2, -0.15) is 0 Å². The molecular formula is C24H24Cl2FN3. The molecule has 0 amide bonds. The summed E-state index contributed by atoms with van der Waals surface area (Å²) in [6.07, 6.45) is 1.86. The quantitative estimate of drug-likeness (QED) is 0.348. The lowest BCUT2D eigenvalue weighted by Crippen LogP contribution is -2.18. The van der Waals surface area contributed by atoms with Gasteiger partial charge in [0, 0.05) is 41.6 Å². The van der Waals surface area contributed by atoms with E-state index in [1.807, 2.05) is 31.4 Å². The van der Waals surface area contributed by atoms with Crippen LogP contribution in [0.3, 0.4) is 0 Å². The molecule has 0 saturated carbocycles. The molecule has 0 unspecified atom stereocenters. The number of anilines is 1. The van der Waals surface area contributed by atoms with Crippen LogP contribution in [0, 0.1) is 19.7 Å². The lowest BCUT2D eigenvalue weighted by atomic mass is 10.1. The van der Waals surface area contributed by atoms with Crippen molar-refractivity contribution in [2.75, 3.05) is 11.9 Å². The summed E-state index contributed by atoms with van der Waals surface area (Å²) in [4.78, 5) is 6.78. The van der Waals surface area contributed by atoms with Gasteiger partial charge in [0.15, 0.2) is 0 Å². The Morgan fingerprint density at radius 3 is 2.43 bits per heavy atom. The van der Waals surface area contributed by atoms with Crippen molar-refractivity contribution in [1.29, 1.82) is 0 Å². The lowest BCUT2D eigenvalue weighted by Gasteiger charge is -2.20. The topological polar surface area (TPSA) is 21.1 Å². The van der Waals surface area contributed by atoms with E-state index in [2.05, 4.69) is 35.4 Å². The standard InChI is InChI=1S/C24H23ClFN3.ClH/c1-16-17(2)29(14-18-6-4-5-7-22(18)25)24-21(16)12-13-27-23(24)15-28(3)20-10-8-19(26)9-11-20;/h4-13H,14-15H2,1-3H3;1H. The highest BCUT2D eigenvalue weighted by Gasteiger charge is 2.17. The number of hydrogen-bond donors (Lipinski definition) is 0. The summed E-state index contributed by atoms with van der Waals surface area (Å²) in [5.41, 5.74) is 6.59. The molecule has 0 saturated heterocycles. The molecule has 0 aliphatic heterocycles. The van der Waals surface area contributed by atoms with Gasteiger partial charge < -0.3 is 9.47 Å². The van der Waals surface area contributed by atoms with Crippen molar-refractivity contribution in [2.24, 2.45) is 0 Å². The third kappa shape index (κ3) is 4.16. The normalized spacial score (nSPS) is 10.8. The van der Waals surface area contributed by atoms with Gasteiger partial charge in [0.2, 0.25) is 0 Å². The Balaban J connectivity index is 0.00000256. The van der Waals surface area contributed by atoms with E-state index < -0.39 is 0 Å². The molecule has 4 aromatic rings. The van der Waals surface area contributed by atoms with Crippen molar-refractivity contribution in [3.63, 3.8) is 0 Å². The van der Waals surface area contributed by atoms with Crippen LogP contribution >= 0.6 is 24.0 Å². The zero-order valence-electron chi connectivity index (χ0n) is 17.2. The largest absolute Gasteiger partial charge is 0.369 e. The first kappa shape index (κ1) is 22.1. The van der Waals surface area contributed by atoms with E-state index in [4.69, 9.17) is 16.6 Å². The van der Waals surface area contributed by atoms with Gasteiger partial charge in [0.05, 0.1) is 17.8 Å². The maximum absolute atomic E-state index is 13.3. The molecule has 156 valence electrons. The summed E-state index contributed by atoms with van der Waals surface area (Å²) < 4.78 is 15.6. The van der Waals surface area contributed by atoms with Gasteiger partial charge in [-0.05, 0) is 61.4 Å². The van der Waals surface area contributed by atoms with E-state index in [0.717, 1.165) is 27.5 Å². The first-order valence-electron chi connectivity index (χ1n) is 9.59. The van der Waals surface area contributed by atoms with Gasteiger partial charge in [-0.1, -0.05) is 29.8 Å². The van der Waals surface area contributed by atoms with E-state index >= 15 is 0 Å². The lowest BCUT2D eigenvalue weighted by molar-refractivity contribution is 0.627. The predicted octanol–water partition coefficient (Wildman–Crippen LogP) is 6.55. The average molecular weight is 444 g/mol. The number of halogens is 3. The summed E-state index contributed by atoms with van der Waals surface area (Å²) >= 11 is 6.43. The molecule has 0 bridgehead atoms. The van der Waals surface area contributed by atoms with Gasteiger partial charge in [-0.25, -0.2) is 4.39 Å². The molecule has 2 aromatic carbocycles. The summed E-state index contributed by atoms with van der Waals surface area (Å²) in [6.45, 7) is 5.59. The van der Waals surface area contributed by atoms with Gasteiger partial charge in [-0.15, -0.1) is 12.4 Å². The molecule has 6 heteroatoms. The molecule has 0 fully saturated rings. The summed E-state index contributed by atoms with van der Waals surface area (Å²) in [5, 5.41) is 1.97. The van der Waals surface area contributed by atoms with Crippen molar-refractivity contribution < 1.29 is 4.39 Å². The van der Waals surface area contributed by atoms with Crippen LogP contribution < -0.4 is 4.90 Å². The molecule has 4 rings (SSSR count). The highest BCUT2D eigenvalue weighted by molar-refractivity contribution is 6.31. The van der Waals surface area contributed by atoms with Crippen LogP contribution in [-0.2, 0) is 13.1 Å². The van der Waals surface area contributed by atoms with E-state index in [-0.39, 0.29) is 18.2 Å². The molecule has 0 aliphatic carbocycles. The third-order valence-electron chi connectivity index (χ3n) is 5.56. The van der Waals surface area contributed by atoms with Crippen LogP contribution in [0.4, 0.5) is 10.1 Å². The number of rotatable bonds is 5.